The summed E-state index contributed by atoms with van der Waals surface area (Å²) in [6.07, 6.45) is 3.21. The first-order chi connectivity index (χ1) is 12.6. The van der Waals surface area contributed by atoms with E-state index >= 15 is 0 Å². The van der Waals surface area contributed by atoms with E-state index in [0.29, 0.717) is 34.9 Å². The SMILES string of the molecule is FC(F)Sc1ccc(NC(=S)N(Cc2ccco2)Cc2ccco2)cc1. The second-order valence-corrected chi connectivity index (χ2v) is 6.80. The first kappa shape index (κ1) is 18.5. The van der Waals surface area contributed by atoms with Crippen molar-refractivity contribution >= 4 is 34.8 Å². The number of thioether (sulfide) groups is 1. The van der Waals surface area contributed by atoms with E-state index in [2.05, 4.69) is 5.32 Å². The minimum Gasteiger partial charge on any atom is -0.467 e. The van der Waals surface area contributed by atoms with Gasteiger partial charge in [0.25, 0.3) is 5.76 Å². The summed E-state index contributed by atoms with van der Waals surface area (Å²) in [7, 11) is 0. The largest absolute Gasteiger partial charge is 0.467 e. The third kappa shape index (κ3) is 5.34. The van der Waals surface area contributed by atoms with Crippen molar-refractivity contribution in [3.63, 3.8) is 0 Å². The van der Waals surface area contributed by atoms with Crippen molar-refractivity contribution in [1.82, 2.24) is 4.90 Å². The maximum atomic E-state index is 12.4. The van der Waals surface area contributed by atoms with Crippen LogP contribution < -0.4 is 5.32 Å². The van der Waals surface area contributed by atoms with E-state index < -0.39 is 5.76 Å². The maximum Gasteiger partial charge on any atom is 0.288 e. The highest BCUT2D eigenvalue weighted by molar-refractivity contribution is 7.99. The Morgan fingerprint density at radius 3 is 2.04 bits per heavy atom. The fraction of sp³-hybridized carbons (Fsp3) is 0.167. The van der Waals surface area contributed by atoms with Crippen LogP contribution in [-0.4, -0.2) is 15.8 Å². The smallest absolute Gasteiger partial charge is 0.288 e. The zero-order valence-electron chi connectivity index (χ0n) is 13.6. The van der Waals surface area contributed by atoms with Gasteiger partial charge >= 0.3 is 0 Å². The molecule has 0 spiro atoms. The number of nitrogens with zero attached hydrogens (tertiary/aromatic N) is 1. The zero-order valence-corrected chi connectivity index (χ0v) is 15.2. The minimum atomic E-state index is -2.44. The Bertz CT molecular complexity index is 770. The Hall–Kier alpha value is -2.32. The number of hydrogen-bond donors (Lipinski definition) is 1. The minimum absolute atomic E-state index is 0.471. The van der Waals surface area contributed by atoms with Gasteiger partial charge in [-0.15, -0.1) is 0 Å². The van der Waals surface area contributed by atoms with Crippen molar-refractivity contribution in [2.75, 3.05) is 5.32 Å². The van der Waals surface area contributed by atoms with E-state index in [1.807, 2.05) is 29.2 Å². The molecule has 0 aliphatic heterocycles. The van der Waals surface area contributed by atoms with E-state index in [-0.39, 0.29) is 0 Å². The number of thiocarbonyl (C=S) groups is 1. The van der Waals surface area contributed by atoms with Gasteiger partial charge in [-0.25, -0.2) is 0 Å². The van der Waals surface area contributed by atoms with Gasteiger partial charge in [-0.1, -0.05) is 11.8 Å². The molecule has 0 unspecified atom stereocenters. The van der Waals surface area contributed by atoms with Crippen molar-refractivity contribution in [3.8, 4) is 0 Å². The predicted octanol–water partition coefficient (Wildman–Crippen LogP) is 5.59. The van der Waals surface area contributed by atoms with Crippen LogP contribution in [0.2, 0.25) is 0 Å². The number of halogens is 2. The highest BCUT2D eigenvalue weighted by Crippen LogP contribution is 2.26. The molecule has 0 aliphatic carbocycles. The van der Waals surface area contributed by atoms with E-state index in [9.17, 15) is 8.78 Å². The average Bonchev–Trinajstić information content (AvgIpc) is 3.29. The van der Waals surface area contributed by atoms with Crippen LogP contribution in [0.5, 0.6) is 0 Å². The van der Waals surface area contributed by atoms with Gasteiger partial charge in [0.05, 0.1) is 25.6 Å². The molecule has 8 heteroatoms. The molecular weight excluding hydrogens is 378 g/mol. The molecule has 2 aromatic heterocycles. The van der Waals surface area contributed by atoms with E-state index in [0.717, 1.165) is 17.2 Å². The standard InChI is InChI=1S/C18H16F2N2O2S2/c19-17(20)26-16-7-5-13(6-8-16)21-18(25)22(11-14-3-1-9-23-14)12-15-4-2-10-24-15/h1-10,17H,11-12H2,(H,21,25). The average molecular weight is 394 g/mol. The van der Waals surface area contributed by atoms with Gasteiger partial charge in [-0.3, -0.25) is 0 Å². The molecule has 0 bridgehead atoms. The molecule has 0 saturated heterocycles. The summed E-state index contributed by atoms with van der Waals surface area (Å²) in [5.41, 5.74) is 0.720. The normalized spacial score (nSPS) is 10.9. The second kappa shape index (κ2) is 8.86. The number of anilines is 1. The Labute approximate surface area is 159 Å². The summed E-state index contributed by atoms with van der Waals surface area (Å²) in [4.78, 5) is 2.40. The molecule has 0 radical (unpaired) electrons. The molecule has 3 aromatic rings. The first-order valence-electron chi connectivity index (χ1n) is 7.76. The summed E-state index contributed by atoms with van der Waals surface area (Å²) >= 11 is 6.02. The quantitative estimate of drug-likeness (QED) is 0.416. The molecule has 0 saturated carbocycles. The predicted molar refractivity (Wildman–Crippen MR) is 101 cm³/mol. The molecule has 0 amide bonds. The summed E-state index contributed by atoms with van der Waals surface area (Å²) in [6, 6.07) is 14.1. The van der Waals surface area contributed by atoms with Gasteiger partial charge < -0.3 is 19.1 Å². The van der Waals surface area contributed by atoms with Gasteiger partial charge in [0.15, 0.2) is 5.11 Å². The van der Waals surface area contributed by atoms with E-state index in [1.54, 1.807) is 36.8 Å². The fourth-order valence-corrected chi connectivity index (χ4v) is 3.05. The van der Waals surface area contributed by atoms with Gasteiger partial charge in [-0.2, -0.15) is 8.78 Å². The Morgan fingerprint density at radius 2 is 1.58 bits per heavy atom. The van der Waals surface area contributed by atoms with Gasteiger partial charge in [0, 0.05) is 10.6 Å². The fourth-order valence-electron chi connectivity index (χ4n) is 2.30. The van der Waals surface area contributed by atoms with Crippen LogP contribution in [-0.2, 0) is 13.1 Å². The van der Waals surface area contributed by atoms with Crippen molar-refractivity contribution in [3.05, 3.63) is 72.6 Å². The van der Waals surface area contributed by atoms with Gasteiger partial charge in [-0.05, 0) is 60.7 Å². The molecule has 1 N–H and O–H groups in total. The van der Waals surface area contributed by atoms with Gasteiger partial charge in [0.2, 0.25) is 0 Å². The lowest BCUT2D eigenvalue weighted by Gasteiger charge is -2.24. The Balaban J connectivity index is 1.68. The van der Waals surface area contributed by atoms with E-state index in [4.69, 9.17) is 21.1 Å². The number of alkyl halides is 2. The van der Waals surface area contributed by atoms with Crippen LogP contribution in [0.25, 0.3) is 0 Å². The van der Waals surface area contributed by atoms with Crippen molar-refractivity contribution in [1.29, 1.82) is 0 Å². The lowest BCUT2D eigenvalue weighted by Crippen LogP contribution is -2.33. The van der Waals surface area contributed by atoms with Crippen molar-refractivity contribution in [2.45, 2.75) is 23.7 Å². The van der Waals surface area contributed by atoms with Crippen LogP contribution in [0.1, 0.15) is 11.5 Å². The third-order valence-corrected chi connectivity index (χ3v) is 4.55. The molecule has 4 nitrogen and oxygen atoms in total. The number of furan rings is 2. The molecule has 2 heterocycles. The number of benzene rings is 1. The number of rotatable bonds is 7. The number of nitrogens with one attached hydrogen (secondary N) is 1. The maximum absolute atomic E-state index is 12.4. The molecule has 26 heavy (non-hydrogen) atoms. The highest BCUT2D eigenvalue weighted by atomic mass is 32.2. The topological polar surface area (TPSA) is 41.5 Å². The molecule has 3 rings (SSSR count). The van der Waals surface area contributed by atoms with Crippen LogP contribution in [0, 0.1) is 0 Å². The third-order valence-electron chi connectivity index (χ3n) is 3.47. The molecule has 0 aliphatic rings. The van der Waals surface area contributed by atoms with Crippen LogP contribution in [0.15, 0.2) is 74.8 Å². The first-order valence-corrected chi connectivity index (χ1v) is 9.04. The monoisotopic (exact) mass is 394 g/mol. The van der Waals surface area contributed by atoms with Crippen LogP contribution in [0.4, 0.5) is 14.5 Å². The van der Waals surface area contributed by atoms with Gasteiger partial charge in [0.1, 0.15) is 11.5 Å². The summed E-state index contributed by atoms with van der Waals surface area (Å²) in [6.45, 7) is 0.942. The van der Waals surface area contributed by atoms with Crippen molar-refractivity contribution < 1.29 is 17.6 Å². The molecule has 1 aromatic carbocycles. The molecule has 0 atom stereocenters. The lowest BCUT2D eigenvalue weighted by molar-refractivity contribution is 0.252. The summed E-state index contributed by atoms with van der Waals surface area (Å²) in [5.74, 6) is -0.902. The molecular formula is C18H16F2N2O2S2. The zero-order chi connectivity index (χ0) is 18.4. The Morgan fingerprint density at radius 1 is 1.00 bits per heavy atom. The summed E-state index contributed by atoms with van der Waals surface area (Å²) < 4.78 is 35.6. The Kier molecular flexibility index (Phi) is 6.30. The van der Waals surface area contributed by atoms with Crippen LogP contribution in [0.3, 0.4) is 0 Å². The lowest BCUT2D eigenvalue weighted by atomic mass is 10.3. The second-order valence-electron chi connectivity index (χ2n) is 5.35. The number of hydrogen-bond acceptors (Lipinski definition) is 4. The van der Waals surface area contributed by atoms with Crippen LogP contribution >= 0.6 is 24.0 Å². The highest BCUT2D eigenvalue weighted by Gasteiger charge is 2.14. The molecule has 0 fully saturated rings. The summed E-state index contributed by atoms with van der Waals surface area (Å²) in [5, 5.41) is 3.60. The molecule has 136 valence electrons. The van der Waals surface area contributed by atoms with E-state index in [1.165, 1.54) is 0 Å². The van der Waals surface area contributed by atoms with Crippen molar-refractivity contribution in [2.24, 2.45) is 0 Å².